The summed E-state index contributed by atoms with van der Waals surface area (Å²) in [7, 11) is 0. The molecule has 1 aliphatic carbocycles. The van der Waals surface area contributed by atoms with Gasteiger partial charge in [-0.1, -0.05) is 20.3 Å². The van der Waals surface area contributed by atoms with Crippen molar-refractivity contribution in [3.63, 3.8) is 0 Å². The highest BCUT2D eigenvalue weighted by Gasteiger charge is 2.43. The molecule has 1 aromatic carbocycles. The zero-order valence-electron chi connectivity index (χ0n) is 37.4. The molecule has 19 nitrogen and oxygen atoms in total. The van der Waals surface area contributed by atoms with Gasteiger partial charge in [0.2, 0.25) is 24.5 Å². The summed E-state index contributed by atoms with van der Waals surface area (Å²) in [5.74, 6) is -2.88. The molecule has 0 radical (unpaired) electrons. The summed E-state index contributed by atoms with van der Waals surface area (Å²) in [4.78, 5) is 120. The number of imide groups is 1. The van der Waals surface area contributed by atoms with Crippen molar-refractivity contribution in [1.82, 2.24) is 30.4 Å². The van der Waals surface area contributed by atoms with Crippen molar-refractivity contribution in [3.8, 4) is 22.9 Å². The molecule has 0 spiro atoms. The summed E-state index contributed by atoms with van der Waals surface area (Å²) < 4.78 is 18.4. The van der Waals surface area contributed by atoms with Gasteiger partial charge in [0.15, 0.2) is 28.8 Å². The van der Waals surface area contributed by atoms with Crippen LogP contribution >= 0.6 is 0 Å². The maximum atomic E-state index is 13.9. The van der Waals surface area contributed by atoms with Gasteiger partial charge in [-0.3, -0.25) is 48.1 Å². The average molecular weight is 911 g/mol. The standard InChI is InChI=1S/C47H54N6O13/c1-5-47(63)32-19-34-44-31(22-53(34)46(62)28(32)10-11-39(47)56)30(29-18-37-38(66-24-65-37)20-33(29)51-44)21-48-41(58)23-64-16-14-35(54)26(3)50-45(61)25(2)17-36(55)27(4)49-40(57)9-7-6-8-15-52-42(59)12-13-43(52)60/h12-13,18-20,25-27,63H,5-11,14-17,21-24H2,1-4H3,(H,48,58)(H,49,57)(H,50,61)/t25-,26+,27+,47+/m1/s1. The van der Waals surface area contributed by atoms with Gasteiger partial charge in [-0.15, -0.1) is 0 Å². The SMILES string of the molecule is CC[C@@]1(O)C(=O)CCc2c1cc1n(c2=O)Cc2c-1nc1cc3c(cc1c2CNC(=O)COCCC(=O)[C@H](C)NC(=O)[C@H](C)CC(=O)[C@H](C)NC(=O)CCCCCN1C(=O)C=CC1=O)OCO3. The molecule has 4 aliphatic rings. The first-order valence-electron chi connectivity index (χ1n) is 22.3. The van der Waals surface area contributed by atoms with E-state index in [4.69, 9.17) is 19.2 Å². The number of Topliss-reactive ketones (excluding diaryl/α,β-unsaturated/α-hetero) is 3. The molecule has 3 aliphatic heterocycles. The van der Waals surface area contributed by atoms with Crippen LogP contribution in [0.15, 0.2) is 35.1 Å². The van der Waals surface area contributed by atoms with Gasteiger partial charge in [-0.25, -0.2) is 4.98 Å². The lowest BCUT2D eigenvalue weighted by Crippen LogP contribution is -2.44. The molecular formula is C47H54N6O13. The zero-order valence-corrected chi connectivity index (χ0v) is 37.4. The van der Waals surface area contributed by atoms with Crippen LogP contribution in [0.5, 0.6) is 11.5 Å². The number of nitrogens with one attached hydrogen (secondary N) is 3. The van der Waals surface area contributed by atoms with Crippen molar-refractivity contribution in [1.29, 1.82) is 0 Å². The number of aromatic nitrogens is 2. The fraction of sp³-hybridized carbons (Fsp3) is 0.489. The third kappa shape index (κ3) is 9.81. The summed E-state index contributed by atoms with van der Waals surface area (Å²) in [6.07, 6.45) is 4.36. The predicted molar refractivity (Wildman–Crippen MR) is 235 cm³/mol. The van der Waals surface area contributed by atoms with Crippen molar-refractivity contribution in [2.24, 2.45) is 5.92 Å². The van der Waals surface area contributed by atoms with E-state index in [9.17, 15) is 48.3 Å². The van der Waals surface area contributed by atoms with Crippen molar-refractivity contribution < 1.29 is 57.7 Å². The van der Waals surface area contributed by atoms with Crippen molar-refractivity contribution in [3.05, 3.63) is 63.0 Å². The molecule has 5 heterocycles. The summed E-state index contributed by atoms with van der Waals surface area (Å²) in [5, 5.41) is 20.2. The topological polar surface area (TPSA) is 259 Å². The van der Waals surface area contributed by atoms with Crippen LogP contribution in [-0.2, 0) is 68.2 Å². The number of hydrogen-bond donors (Lipinski definition) is 4. The molecule has 0 saturated carbocycles. The van der Waals surface area contributed by atoms with Crippen molar-refractivity contribution >= 4 is 57.8 Å². The first-order chi connectivity index (χ1) is 31.5. The van der Waals surface area contributed by atoms with Crippen molar-refractivity contribution in [2.45, 2.75) is 116 Å². The monoisotopic (exact) mass is 910 g/mol. The van der Waals surface area contributed by atoms with Crippen LogP contribution < -0.4 is 31.0 Å². The fourth-order valence-electron chi connectivity index (χ4n) is 8.71. The average Bonchev–Trinajstić information content (AvgIpc) is 4.00. The molecule has 19 heteroatoms. The Morgan fingerprint density at radius 3 is 2.30 bits per heavy atom. The number of rotatable bonds is 21. The van der Waals surface area contributed by atoms with E-state index >= 15 is 0 Å². The van der Waals surface area contributed by atoms with Crippen LogP contribution in [0.1, 0.15) is 101 Å². The second-order valence-electron chi connectivity index (χ2n) is 17.2. The van der Waals surface area contributed by atoms with Gasteiger partial charge in [-0.05, 0) is 57.2 Å². The molecule has 0 saturated heterocycles. The second kappa shape index (κ2) is 19.9. The number of fused-ring (bicyclic) bond motifs is 6. The second-order valence-corrected chi connectivity index (χ2v) is 17.2. The minimum atomic E-state index is -1.78. The number of carbonyl (C=O) groups excluding carboxylic acids is 8. The third-order valence-corrected chi connectivity index (χ3v) is 12.7. The van der Waals surface area contributed by atoms with E-state index in [1.807, 2.05) is 0 Å². The lowest BCUT2D eigenvalue weighted by Gasteiger charge is -2.32. The molecule has 0 bridgehead atoms. The Balaban J connectivity index is 0.866. The van der Waals surface area contributed by atoms with Gasteiger partial charge in [0, 0.05) is 85.0 Å². The lowest BCUT2D eigenvalue weighted by atomic mass is 9.77. The summed E-state index contributed by atoms with van der Waals surface area (Å²) in [6.45, 7) is 6.27. The normalized spacial score (nSPS) is 18.1. The Labute approximate surface area is 379 Å². The van der Waals surface area contributed by atoms with Crippen LogP contribution in [0.2, 0.25) is 0 Å². The highest BCUT2D eigenvalue weighted by Crippen LogP contribution is 2.43. The summed E-state index contributed by atoms with van der Waals surface area (Å²) in [6, 6.07) is 3.44. The van der Waals surface area contributed by atoms with E-state index in [2.05, 4.69) is 16.0 Å². The minimum absolute atomic E-state index is 0.0178. The number of unbranched alkanes of at least 4 members (excludes halogenated alkanes) is 2. The number of hydrogen-bond acceptors (Lipinski definition) is 14. The smallest absolute Gasteiger partial charge is 0.254 e. The first kappa shape index (κ1) is 47.4. The number of carbonyl (C=O) groups is 8. The van der Waals surface area contributed by atoms with Gasteiger partial charge in [-0.2, -0.15) is 0 Å². The molecule has 3 aromatic rings. The highest BCUT2D eigenvalue weighted by molar-refractivity contribution is 6.12. The van der Waals surface area contributed by atoms with E-state index in [0.29, 0.717) is 75.3 Å². The van der Waals surface area contributed by atoms with Crippen LogP contribution in [0.25, 0.3) is 22.3 Å². The molecule has 66 heavy (non-hydrogen) atoms. The fourth-order valence-corrected chi connectivity index (χ4v) is 8.71. The Kier molecular flexibility index (Phi) is 14.3. The van der Waals surface area contributed by atoms with E-state index in [-0.39, 0.29) is 119 Å². The van der Waals surface area contributed by atoms with Crippen LogP contribution in [-0.4, -0.2) is 105 Å². The quantitative estimate of drug-likeness (QED) is 0.0689. The number of aliphatic hydroxyl groups is 1. The van der Waals surface area contributed by atoms with Gasteiger partial charge in [0.25, 0.3) is 17.4 Å². The Morgan fingerprint density at radius 1 is 0.864 bits per heavy atom. The molecule has 2 aromatic heterocycles. The number of pyridine rings is 2. The molecular weight excluding hydrogens is 857 g/mol. The largest absolute Gasteiger partial charge is 0.454 e. The van der Waals surface area contributed by atoms with E-state index in [1.165, 1.54) is 26.0 Å². The van der Waals surface area contributed by atoms with E-state index in [1.54, 1.807) is 36.6 Å². The van der Waals surface area contributed by atoms with Gasteiger partial charge in [0.1, 0.15) is 12.2 Å². The molecule has 4 atom stereocenters. The molecule has 5 amide bonds. The summed E-state index contributed by atoms with van der Waals surface area (Å²) in [5.41, 5.74) is 1.41. The Hall–Kier alpha value is -6.60. The third-order valence-electron chi connectivity index (χ3n) is 12.7. The molecule has 7 rings (SSSR count). The molecule has 0 unspecified atom stereocenters. The molecule has 350 valence electrons. The summed E-state index contributed by atoms with van der Waals surface area (Å²) >= 11 is 0. The number of ketones is 3. The minimum Gasteiger partial charge on any atom is -0.454 e. The van der Waals surface area contributed by atoms with E-state index < -0.39 is 35.4 Å². The van der Waals surface area contributed by atoms with Gasteiger partial charge >= 0.3 is 0 Å². The lowest BCUT2D eigenvalue weighted by molar-refractivity contribution is -0.140. The molecule has 4 N–H and O–H groups in total. The number of ether oxygens (including phenoxy) is 3. The van der Waals surface area contributed by atoms with Gasteiger partial charge in [0.05, 0.1) is 42.1 Å². The van der Waals surface area contributed by atoms with E-state index in [0.717, 1.165) is 4.90 Å². The number of amides is 5. The molecule has 0 fully saturated rings. The first-order valence-corrected chi connectivity index (χ1v) is 22.3. The van der Waals surface area contributed by atoms with Crippen LogP contribution in [0.3, 0.4) is 0 Å². The Bertz CT molecular complexity index is 2600. The predicted octanol–water partition coefficient (Wildman–Crippen LogP) is 1.95. The Morgan fingerprint density at radius 2 is 1.58 bits per heavy atom. The van der Waals surface area contributed by atoms with Gasteiger partial charge < -0.3 is 39.8 Å². The van der Waals surface area contributed by atoms with Crippen molar-refractivity contribution in [2.75, 3.05) is 26.6 Å². The highest BCUT2D eigenvalue weighted by atomic mass is 16.7. The maximum absolute atomic E-state index is 13.9. The zero-order chi connectivity index (χ0) is 47.4. The maximum Gasteiger partial charge on any atom is 0.254 e. The van der Waals surface area contributed by atoms with Crippen LogP contribution in [0, 0.1) is 5.92 Å². The van der Waals surface area contributed by atoms with Crippen LogP contribution in [0.4, 0.5) is 0 Å². The number of nitrogens with zero attached hydrogens (tertiary/aromatic N) is 3. The number of benzene rings is 1.